The van der Waals surface area contributed by atoms with E-state index in [9.17, 15) is 0 Å². The minimum atomic E-state index is 0.483. The fraction of sp³-hybridized carbons (Fsp3) is 0.407. The molecule has 34 heavy (non-hydrogen) atoms. The summed E-state index contributed by atoms with van der Waals surface area (Å²) in [5.41, 5.74) is 5.10. The van der Waals surface area contributed by atoms with Gasteiger partial charge in [0.2, 0.25) is 0 Å². The third-order valence-electron chi connectivity index (χ3n) is 7.20. The first-order valence-corrected chi connectivity index (χ1v) is 12.3. The molecule has 4 aromatic rings. The van der Waals surface area contributed by atoms with Crippen molar-refractivity contribution in [3.05, 3.63) is 60.3 Å². The Hall–Kier alpha value is -3.16. The van der Waals surface area contributed by atoms with Crippen molar-refractivity contribution in [2.24, 2.45) is 0 Å². The molecular formula is C27H31N5O2. The van der Waals surface area contributed by atoms with E-state index in [1.165, 1.54) is 31.2 Å². The van der Waals surface area contributed by atoms with E-state index in [0.29, 0.717) is 18.1 Å². The van der Waals surface area contributed by atoms with E-state index in [4.69, 9.17) is 14.6 Å². The number of aromatic amines is 1. The van der Waals surface area contributed by atoms with Crippen molar-refractivity contribution in [3.63, 3.8) is 0 Å². The lowest BCUT2D eigenvalue weighted by atomic mass is 9.90. The lowest BCUT2D eigenvalue weighted by Gasteiger charge is -2.38. The zero-order valence-electron chi connectivity index (χ0n) is 19.6. The predicted molar refractivity (Wildman–Crippen MR) is 132 cm³/mol. The van der Waals surface area contributed by atoms with Gasteiger partial charge in [0.15, 0.2) is 0 Å². The van der Waals surface area contributed by atoms with Gasteiger partial charge in [-0.15, -0.1) is 0 Å². The Kier molecular flexibility index (Phi) is 5.81. The Morgan fingerprint density at radius 2 is 1.71 bits per heavy atom. The molecule has 2 fully saturated rings. The normalized spacial score (nSPS) is 21.7. The van der Waals surface area contributed by atoms with Crippen LogP contribution in [0, 0.1) is 6.92 Å². The zero-order valence-corrected chi connectivity index (χ0v) is 19.6. The summed E-state index contributed by atoms with van der Waals surface area (Å²) in [6, 6.07) is 18.0. The molecule has 176 valence electrons. The second-order valence-corrected chi connectivity index (χ2v) is 9.48. The first-order chi connectivity index (χ1) is 16.7. The topological polar surface area (TPSA) is 68.2 Å². The number of aryl methyl sites for hydroxylation is 1. The average Bonchev–Trinajstić information content (AvgIpc) is 3.53. The average molecular weight is 458 g/mol. The number of aromatic nitrogens is 4. The summed E-state index contributed by atoms with van der Waals surface area (Å²) in [5.74, 6) is 0.770. The van der Waals surface area contributed by atoms with Gasteiger partial charge in [-0.3, -0.25) is 9.58 Å². The molecule has 7 nitrogen and oxygen atoms in total. The number of fused-ring (bicyclic) bond motifs is 1. The SMILES string of the molecule is Cc1ccc(Oc2nc3ccc(-c4ccn(C5CCC(N6CCOCC6)CC5)n4)cc3[nH]2)cc1. The molecule has 1 aliphatic heterocycles. The van der Waals surface area contributed by atoms with Crippen LogP contribution in [-0.4, -0.2) is 57.0 Å². The summed E-state index contributed by atoms with van der Waals surface area (Å²) in [6.07, 6.45) is 6.98. The number of morpholine rings is 1. The van der Waals surface area contributed by atoms with Crippen molar-refractivity contribution in [1.82, 2.24) is 24.6 Å². The second-order valence-electron chi connectivity index (χ2n) is 9.48. The maximum Gasteiger partial charge on any atom is 0.300 e. The number of H-pyrrole nitrogens is 1. The highest BCUT2D eigenvalue weighted by atomic mass is 16.5. The molecule has 0 radical (unpaired) electrons. The summed E-state index contributed by atoms with van der Waals surface area (Å²) in [5, 5.41) is 4.95. The molecule has 7 heteroatoms. The van der Waals surface area contributed by atoms with Crippen LogP contribution >= 0.6 is 0 Å². The zero-order chi connectivity index (χ0) is 22.9. The lowest BCUT2D eigenvalue weighted by Crippen LogP contribution is -2.45. The van der Waals surface area contributed by atoms with Crippen LogP contribution in [0.1, 0.15) is 37.3 Å². The van der Waals surface area contributed by atoms with Gasteiger partial charge in [-0.2, -0.15) is 10.1 Å². The van der Waals surface area contributed by atoms with E-state index in [0.717, 1.165) is 54.3 Å². The Morgan fingerprint density at radius 3 is 2.50 bits per heavy atom. The second kappa shape index (κ2) is 9.24. The van der Waals surface area contributed by atoms with Crippen LogP contribution in [0.2, 0.25) is 0 Å². The molecule has 3 heterocycles. The van der Waals surface area contributed by atoms with E-state index in [1.54, 1.807) is 0 Å². The largest absolute Gasteiger partial charge is 0.426 e. The molecular weight excluding hydrogens is 426 g/mol. The van der Waals surface area contributed by atoms with Gasteiger partial charge < -0.3 is 14.5 Å². The summed E-state index contributed by atoms with van der Waals surface area (Å²) < 4.78 is 13.6. The molecule has 2 aromatic heterocycles. The first-order valence-electron chi connectivity index (χ1n) is 12.3. The van der Waals surface area contributed by atoms with Crippen LogP contribution in [0.4, 0.5) is 0 Å². The monoisotopic (exact) mass is 457 g/mol. The minimum absolute atomic E-state index is 0.483. The Balaban J connectivity index is 1.13. The van der Waals surface area contributed by atoms with E-state index >= 15 is 0 Å². The smallest absolute Gasteiger partial charge is 0.300 e. The third-order valence-corrected chi connectivity index (χ3v) is 7.20. The number of hydrogen-bond acceptors (Lipinski definition) is 5. The Morgan fingerprint density at radius 1 is 0.941 bits per heavy atom. The van der Waals surface area contributed by atoms with Gasteiger partial charge in [-0.1, -0.05) is 23.8 Å². The van der Waals surface area contributed by atoms with Crippen molar-refractivity contribution in [3.8, 4) is 23.0 Å². The van der Waals surface area contributed by atoms with Crippen LogP contribution in [-0.2, 0) is 4.74 Å². The molecule has 0 amide bonds. The number of benzene rings is 2. The molecule has 1 saturated heterocycles. The molecule has 0 bridgehead atoms. The van der Waals surface area contributed by atoms with Crippen LogP contribution in [0.15, 0.2) is 54.7 Å². The number of ether oxygens (including phenoxy) is 2. The van der Waals surface area contributed by atoms with Crippen LogP contribution in [0.25, 0.3) is 22.3 Å². The van der Waals surface area contributed by atoms with Crippen LogP contribution in [0.5, 0.6) is 11.8 Å². The molecule has 1 N–H and O–H groups in total. The van der Waals surface area contributed by atoms with Gasteiger partial charge in [0.05, 0.1) is 36.0 Å². The van der Waals surface area contributed by atoms with Gasteiger partial charge in [0.1, 0.15) is 5.75 Å². The number of imidazole rings is 1. The van der Waals surface area contributed by atoms with Gasteiger partial charge in [-0.05, 0) is 62.9 Å². The van der Waals surface area contributed by atoms with Crippen molar-refractivity contribution in [2.75, 3.05) is 26.3 Å². The quantitative estimate of drug-likeness (QED) is 0.438. The van der Waals surface area contributed by atoms with Gasteiger partial charge >= 0.3 is 0 Å². The van der Waals surface area contributed by atoms with Crippen LogP contribution < -0.4 is 4.74 Å². The predicted octanol–water partition coefficient (Wildman–Crippen LogP) is 5.34. The number of rotatable bonds is 5. The third kappa shape index (κ3) is 4.45. The highest BCUT2D eigenvalue weighted by molar-refractivity contribution is 5.81. The van der Waals surface area contributed by atoms with Gasteiger partial charge in [0.25, 0.3) is 6.01 Å². The van der Waals surface area contributed by atoms with Crippen molar-refractivity contribution >= 4 is 11.0 Å². The van der Waals surface area contributed by atoms with E-state index < -0.39 is 0 Å². The number of nitrogens with one attached hydrogen (secondary N) is 1. The van der Waals surface area contributed by atoms with E-state index in [1.807, 2.05) is 30.3 Å². The fourth-order valence-corrected chi connectivity index (χ4v) is 5.24. The summed E-state index contributed by atoms with van der Waals surface area (Å²) in [4.78, 5) is 10.5. The summed E-state index contributed by atoms with van der Waals surface area (Å²) in [6.45, 7) is 5.97. The Bertz CT molecular complexity index is 1250. The Labute approximate surface area is 199 Å². The molecule has 2 aromatic carbocycles. The lowest BCUT2D eigenvalue weighted by molar-refractivity contribution is 0.00507. The first kappa shape index (κ1) is 21.4. The standard InChI is InChI=1S/C27H31N5O2/c1-19-2-9-23(10-3-19)34-27-28-25-11-4-20(18-26(25)29-27)24-12-13-32(30-24)22-7-5-21(6-8-22)31-14-16-33-17-15-31/h2-4,9-13,18,21-22H,5-8,14-17H2,1H3,(H,28,29). The highest BCUT2D eigenvalue weighted by Crippen LogP contribution is 2.32. The minimum Gasteiger partial charge on any atom is -0.426 e. The maximum absolute atomic E-state index is 5.90. The molecule has 2 aliphatic rings. The van der Waals surface area contributed by atoms with E-state index in [2.05, 4.69) is 50.9 Å². The number of nitrogens with zero attached hydrogens (tertiary/aromatic N) is 4. The molecule has 1 saturated carbocycles. The molecule has 1 aliphatic carbocycles. The molecule has 0 atom stereocenters. The summed E-state index contributed by atoms with van der Waals surface area (Å²) in [7, 11) is 0. The highest BCUT2D eigenvalue weighted by Gasteiger charge is 2.28. The molecule has 0 unspecified atom stereocenters. The van der Waals surface area contributed by atoms with Crippen LogP contribution in [0.3, 0.4) is 0 Å². The van der Waals surface area contributed by atoms with Gasteiger partial charge in [0, 0.05) is 30.9 Å². The summed E-state index contributed by atoms with van der Waals surface area (Å²) >= 11 is 0. The fourth-order valence-electron chi connectivity index (χ4n) is 5.24. The van der Waals surface area contributed by atoms with E-state index in [-0.39, 0.29) is 0 Å². The molecule has 0 spiro atoms. The van der Waals surface area contributed by atoms with Gasteiger partial charge in [-0.25, -0.2) is 0 Å². The molecule has 6 rings (SSSR count). The van der Waals surface area contributed by atoms with Crippen molar-refractivity contribution in [2.45, 2.75) is 44.7 Å². The number of hydrogen-bond donors (Lipinski definition) is 1. The van der Waals surface area contributed by atoms with Crippen molar-refractivity contribution in [1.29, 1.82) is 0 Å². The van der Waals surface area contributed by atoms with Crippen molar-refractivity contribution < 1.29 is 9.47 Å². The maximum atomic E-state index is 5.90.